The number of para-hydroxylation sites is 1. The number of rotatable bonds is 5. The van der Waals surface area contributed by atoms with E-state index in [-0.39, 0.29) is 5.91 Å². The van der Waals surface area contributed by atoms with Gasteiger partial charge in [0.05, 0.1) is 32.5 Å². The van der Waals surface area contributed by atoms with Crippen LogP contribution in [-0.4, -0.2) is 15.9 Å². The lowest BCUT2D eigenvalue weighted by atomic mass is 10.1. The van der Waals surface area contributed by atoms with Gasteiger partial charge in [0.2, 0.25) is 0 Å². The van der Waals surface area contributed by atoms with Crippen molar-refractivity contribution in [3.8, 4) is 0 Å². The molecule has 3 aromatic carbocycles. The normalized spacial score (nSPS) is 11.2. The van der Waals surface area contributed by atoms with Gasteiger partial charge >= 0.3 is 0 Å². The van der Waals surface area contributed by atoms with Gasteiger partial charge in [-0.05, 0) is 41.8 Å². The summed E-state index contributed by atoms with van der Waals surface area (Å²) in [6.45, 7) is 2.60. The van der Waals surface area contributed by atoms with E-state index in [1.165, 1.54) is 5.56 Å². The number of fused-ring (bicyclic) bond motifs is 2. The molecule has 4 nitrogen and oxygen atoms in total. The van der Waals surface area contributed by atoms with Crippen molar-refractivity contribution in [2.24, 2.45) is 0 Å². The van der Waals surface area contributed by atoms with Gasteiger partial charge in [-0.3, -0.25) is 9.69 Å². The summed E-state index contributed by atoms with van der Waals surface area (Å²) >= 11 is 3.11. The van der Waals surface area contributed by atoms with Crippen molar-refractivity contribution in [2.75, 3.05) is 4.90 Å². The Hall–Kier alpha value is -3.09. The number of carbonyl (C=O) groups excluding carboxylic acids is 1. The lowest BCUT2D eigenvalue weighted by molar-refractivity contribution is 0.0985. The molecule has 0 bridgehead atoms. The second kappa shape index (κ2) is 7.97. The zero-order chi connectivity index (χ0) is 20.5. The molecule has 0 aliphatic rings. The summed E-state index contributed by atoms with van der Waals surface area (Å²) in [5, 5.41) is 0.726. The Bertz CT molecular complexity index is 1340. The van der Waals surface area contributed by atoms with Crippen LogP contribution in [0.1, 0.15) is 28.4 Å². The standard InChI is InChI=1S/C24H19N3OS2/c1-2-17-9-6-10-20-22(17)26-24(30-20)27(14-16-7-4-3-5-8-16)23(28)18-11-12-19-21(13-18)29-15-25-19/h3-13,15H,2,14H2,1H3. The summed E-state index contributed by atoms with van der Waals surface area (Å²) in [4.78, 5) is 24.6. The van der Waals surface area contributed by atoms with Crippen molar-refractivity contribution in [1.82, 2.24) is 9.97 Å². The van der Waals surface area contributed by atoms with Crippen molar-refractivity contribution < 1.29 is 4.79 Å². The number of thiazole rings is 2. The number of amides is 1. The molecule has 0 saturated carbocycles. The van der Waals surface area contributed by atoms with Gasteiger partial charge in [-0.15, -0.1) is 11.3 Å². The number of carbonyl (C=O) groups is 1. The van der Waals surface area contributed by atoms with Crippen LogP contribution in [-0.2, 0) is 13.0 Å². The molecular weight excluding hydrogens is 410 g/mol. The third kappa shape index (κ3) is 3.49. The van der Waals surface area contributed by atoms with E-state index in [1.54, 1.807) is 33.1 Å². The average Bonchev–Trinajstić information content (AvgIpc) is 3.43. The summed E-state index contributed by atoms with van der Waals surface area (Å²) in [5.74, 6) is -0.0498. The Kier molecular flexibility index (Phi) is 5.02. The van der Waals surface area contributed by atoms with Crippen molar-refractivity contribution in [3.05, 3.63) is 88.9 Å². The maximum atomic E-state index is 13.6. The first-order valence-electron chi connectivity index (χ1n) is 9.80. The quantitative estimate of drug-likeness (QED) is 0.329. The number of hydrogen-bond acceptors (Lipinski definition) is 5. The fourth-order valence-corrected chi connectivity index (χ4v) is 5.26. The average molecular weight is 430 g/mol. The van der Waals surface area contributed by atoms with Crippen LogP contribution in [0, 0.1) is 0 Å². The number of aromatic nitrogens is 2. The molecule has 0 radical (unpaired) electrons. The number of hydrogen-bond donors (Lipinski definition) is 0. The van der Waals surface area contributed by atoms with E-state index in [1.807, 2.05) is 48.5 Å². The predicted octanol–water partition coefficient (Wildman–Crippen LogP) is 6.32. The Morgan fingerprint density at radius 1 is 1.00 bits per heavy atom. The van der Waals surface area contributed by atoms with Crippen molar-refractivity contribution in [3.63, 3.8) is 0 Å². The van der Waals surface area contributed by atoms with Crippen LogP contribution in [0.3, 0.4) is 0 Å². The van der Waals surface area contributed by atoms with E-state index in [9.17, 15) is 4.79 Å². The van der Waals surface area contributed by atoms with Crippen LogP contribution in [0.4, 0.5) is 5.13 Å². The van der Waals surface area contributed by atoms with Gasteiger partial charge < -0.3 is 0 Å². The molecule has 0 aliphatic carbocycles. The molecule has 0 fully saturated rings. The monoisotopic (exact) mass is 429 g/mol. The molecule has 0 saturated heterocycles. The van der Waals surface area contributed by atoms with Crippen LogP contribution in [0.25, 0.3) is 20.4 Å². The third-order valence-corrected chi connectivity index (χ3v) is 6.95. The second-order valence-electron chi connectivity index (χ2n) is 7.03. The van der Waals surface area contributed by atoms with Crippen LogP contribution in [0.15, 0.2) is 72.2 Å². The fourth-order valence-electron chi connectivity index (χ4n) is 3.53. The van der Waals surface area contributed by atoms with Gasteiger partial charge in [0.25, 0.3) is 5.91 Å². The van der Waals surface area contributed by atoms with E-state index in [0.717, 1.165) is 37.5 Å². The molecule has 30 heavy (non-hydrogen) atoms. The fraction of sp³-hybridized carbons (Fsp3) is 0.125. The number of benzene rings is 3. The molecule has 5 rings (SSSR count). The maximum absolute atomic E-state index is 13.6. The molecule has 0 atom stereocenters. The Morgan fingerprint density at radius 3 is 2.70 bits per heavy atom. The Labute approximate surface area is 182 Å². The van der Waals surface area contributed by atoms with E-state index < -0.39 is 0 Å². The van der Waals surface area contributed by atoms with Crippen molar-refractivity contribution in [1.29, 1.82) is 0 Å². The lowest BCUT2D eigenvalue weighted by Gasteiger charge is -2.20. The Balaban J connectivity index is 1.60. The highest BCUT2D eigenvalue weighted by molar-refractivity contribution is 7.22. The molecule has 2 aromatic heterocycles. The van der Waals surface area contributed by atoms with Crippen molar-refractivity contribution in [2.45, 2.75) is 19.9 Å². The van der Waals surface area contributed by atoms with Gasteiger partial charge in [0.1, 0.15) is 0 Å². The van der Waals surface area contributed by atoms with E-state index in [0.29, 0.717) is 12.1 Å². The maximum Gasteiger partial charge on any atom is 0.260 e. The summed E-state index contributed by atoms with van der Waals surface area (Å²) in [6, 6.07) is 22.0. The molecule has 0 aliphatic heterocycles. The van der Waals surface area contributed by atoms with E-state index in [2.05, 4.69) is 30.1 Å². The Morgan fingerprint density at radius 2 is 1.87 bits per heavy atom. The van der Waals surface area contributed by atoms with Gasteiger partial charge in [-0.25, -0.2) is 9.97 Å². The van der Waals surface area contributed by atoms with Crippen LogP contribution < -0.4 is 4.90 Å². The lowest BCUT2D eigenvalue weighted by Crippen LogP contribution is -2.30. The number of aryl methyl sites for hydroxylation is 1. The van der Waals surface area contributed by atoms with Crippen LogP contribution in [0.5, 0.6) is 0 Å². The highest BCUT2D eigenvalue weighted by Crippen LogP contribution is 2.33. The summed E-state index contributed by atoms with van der Waals surface area (Å²) in [5.41, 5.74) is 6.63. The molecule has 0 spiro atoms. The van der Waals surface area contributed by atoms with E-state index >= 15 is 0 Å². The zero-order valence-corrected chi connectivity index (χ0v) is 18.0. The molecule has 2 heterocycles. The molecule has 6 heteroatoms. The zero-order valence-electron chi connectivity index (χ0n) is 16.4. The molecule has 0 unspecified atom stereocenters. The van der Waals surface area contributed by atoms with E-state index in [4.69, 9.17) is 4.98 Å². The SMILES string of the molecule is CCc1cccc2sc(N(Cc3ccccc3)C(=O)c3ccc4ncsc4c3)nc12. The summed E-state index contributed by atoms with van der Waals surface area (Å²) in [7, 11) is 0. The van der Waals surface area contributed by atoms with Gasteiger partial charge in [0.15, 0.2) is 5.13 Å². The van der Waals surface area contributed by atoms with Gasteiger partial charge in [-0.1, -0.05) is 60.7 Å². The first kappa shape index (κ1) is 18.9. The predicted molar refractivity (Wildman–Crippen MR) is 126 cm³/mol. The topological polar surface area (TPSA) is 46.1 Å². The molecular formula is C24H19N3OS2. The van der Waals surface area contributed by atoms with Crippen LogP contribution >= 0.6 is 22.7 Å². The smallest absolute Gasteiger partial charge is 0.260 e. The molecule has 0 N–H and O–H groups in total. The molecule has 5 aromatic rings. The van der Waals surface area contributed by atoms with Gasteiger partial charge in [-0.2, -0.15) is 0 Å². The highest BCUT2D eigenvalue weighted by atomic mass is 32.1. The molecule has 148 valence electrons. The third-order valence-electron chi connectivity index (χ3n) is 5.11. The first-order valence-corrected chi connectivity index (χ1v) is 11.5. The number of nitrogens with zero attached hydrogens (tertiary/aromatic N) is 3. The van der Waals surface area contributed by atoms with Crippen molar-refractivity contribution >= 4 is 54.1 Å². The second-order valence-corrected chi connectivity index (χ2v) is 8.92. The minimum absolute atomic E-state index is 0.0498. The minimum Gasteiger partial charge on any atom is -0.279 e. The highest BCUT2D eigenvalue weighted by Gasteiger charge is 2.23. The molecule has 1 amide bonds. The summed E-state index contributed by atoms with van der Waals surface area (Å²) < 4.78 is 2.12. The minimum atomic E-state index is -0.0498. The largest absolute Gasteiger partial charge is 0.279 e. The number of anilines is 1. The summed E-state index contributed by atoms with van der Waals surface area (Å²) in [6.07, 6.45) is 0.912. The first-order chi connectivity index (χ1) is 14.7. The van der Waals surface area contributed by atoms with Crippen LogP contribution in [0.2, 0.25) is 0 Å². The van der Waals surface area contributed by atoms with Gasteiger partial charge in [0, 0.05) is 5.56 Å².